The van der Waals surface area contributed by atoms with E-state index >= 15 is 0 Å². The summed E-state index contributed by atoms with van der Waals surface area (Å²) < 4.78 is 0. The van der Waals surface area contributed by atoms with Crippen LogP contribution < -0.4 is 10.2 Å². The van der Waals surface area contributed by atoms with Gasteiger partial charge in [-0.2, -0.15) is 0 Å². The number of nitrogens with one attached hydrogen (secondary N) is 1. The number of hydrogen-bond acceptors (Lipinski definition) is 3. The quantitative estimate of drug-likeness (QED) is 0.906. The van der Waals surface area contributed by atoms with Gasteiger partial charge in [-0.25, -0.2) is 9.78 Å². The van der Waals surface area contributed by atoms with E-state index in [0.29, 0.717) is 6.54 Å². The highest BCUT2D eigenvalue weighted by atomic mass is 16.4. The fraction of sp³-hybridized carbons (Fsp3) is 0.333. The van der Waals surface area contributed by atoms with E-state index < -0.39 is 6.09 Å². The van der Waals surface area contributed by atoms with Crippen LogP contribution in [0.5, 0.6) is 0 Å². The Balaban J connectivity index is 1.83. The fourth-order valence-electron chi connectivity index (χ4n) is 3.22. The van der Waals surface area contributed by atoms with Crippen LogP contribution in [-0.4, -0.2) is 29.8 Å². The molecule has 0 radical (unpaired) electrons. The summed E-state index contributed by atoms with van der Waals surface area (Å²) in [5.74, 6) is 1.18. The van der Waals surface area contributed by atoms with Crippen molar-refractivity contribution in [1.29, 1.82) is 0 Å². The summed E-state index contributed by atoms with van der Waals surface area (Å²) in [6.07, 6.45) is 4.00. The van der Waals surface area contributed by atoms with E-state index in [0.717, 1.165) is 30.8 Å². The van der Waals surface area contributed by atoms with E-state index in [2.05, 4.69) is 33.4 Å². The first-order valence-corrected chi connectivity index (χ1v) is 7.89. The van der Waals surface area contributed by atoms with Crippen LogP contribution >= 0.6 is 0 Å². The summed E-state index contributed by atoms with van der Waals surface area (Å²) in [4.78, 5) is 17.2. The Morgan fingerprint density at radius 3 is 3.00 bits per heavy atom. The van der Waals surface area contributed by atoms with Gasteiger partial charge in [0.1, 0.15) is 5.82 Å². The number of anilines is 2. The number of carbonyl (C=O) groups is 1. The molecule has 5 heteroatoms. The molecule has 0 saturated carbocycles. The predicted octanol–water partition coefficient (Wildman–Crippen LogP) is 3.54. The van der Waals surface area contributed by atoms with Crippen LogP contribution in [0.3, 0.4) is 0 Å². The van der Waals surface area contributed by atoms with Crippen molar-refractivity contribution in [2.45, 2.75) is 25.2 Å². The minimum Gasteiger partial charge on any atom is -0.465 e. The maximum atomic E-state index is 10.7. The second-order valence-corrected chi connectivity index (χ2v) is 5.91. The maximum Gasteiger partial charge on any atom is 0.404 e. The third-order valence-electron chi connectivity index (χ3n) is 4.44. The smallest absolute Gasteiger partial charge is 0.404 e. The van der Waals surface area contributed by atoms with E-state index in [1.165, 1.54) is 11.1 Å². The van der Waals surface area contributed by atoms with Gasteiger partial charge < -0.3 is 15.3 Å². The van der Waals surface area contributed by atoms with E-state index in [-0.39, 0.29) is 5.92 Å². The maximum absolute atomic E-state index is 10.7. The number of amides is 1. The highest BCUT2D eigenvalue weighted by molar-refractivity contribution is 5.65. The molecule has 1 aromatic carbocycles. The van der Waals surface area contributed by atoms with Gasteiger partial charge in [0.05, 0.1) is 0 Å². The zero-order valence-corrected chi connectivity index (χ0v) is 13.2. The number of nitrogens with zero attached hydrogens (tertiary/aromatic N) is 2. The molecule has 1 amide bonds. The van der Waals surface area contributed by atoms with Crippen molar-refractivity contribution in [2.24, 2.45) is 0 Å². The lowest BCUT2D eigenvalue weighted by Crippen LogP contribution is -2.28. The number of aryl methyl sites for hydroxylation is 1. The van der Waals surface area contributed by atoms with Crippen LogP contribution in [-0.2, 0) is 6.42 Å². The van der Waals surface area contributed by atoms with Gasteiger partial charge in [0.2, 0.25) is 0 Å². The van der Waals surface area contributed by atoms with Crippen molar-refractivity contribution in [3.8, 4) is 0 Å². The molecule has 0 bridgehead atoms. The predicted molar refractivity (Wildman–Crippen MR) is 90.4 cm³/mol. The summed E-state index contributed by atoms with van der Waals surface area (Å²) in [6, 6.07) is 12.3. The van der Waals surface area contributed by atoms with Gasteiger partial charge in [-0.15, -0.1) is 0 Å². The van der Waals surface area contributed by atoms with Gasteiger partial charge in [0, 0.05) is 31.4 Å². The molecule has 0 fully saturated rings. The van der Waals surface area contributed by atoms with Crippen molar-refractivity contribution in [2.75, 3.05) is 18.5 Å². The number of carboxylic acid groups (broad SMARTS) is 1. The first-order chi connectivity index (χ1) is 11.1. The van der Waals surface area contributed by atoms with E-state index in [9.17, 15) is 4.79 Å². The minimum atomic E-state index is -0.955. The Morgan fingerprint density at radius 2 is 2.26 bits per heavy atom. The minimum absolute atomic E-state index is 0.268. The molecule has 5 nitrogen and oxygen atoms in total. The SMILES string of the molecule is CN(c1ccc2c(c1)CCC[C@H]2CNC(=O)O)c1ccccn1. The third kappa shape index (κ3) is 3.44. The lowest BCUT2D eigenvalue weighted by molar-refractivity contribution is 0.193. The Labute approximate surface area is 136 Å². The summed E-state index contributed by atoms with van der Waals surface area (Å²) in [7, 11) is 2.01. The molecule has 120 valence electrons. The zero-order chi connectivity index (χ0) is 16.2. The summed E-state index contributed by atoms with van der Waals surface area (Å²) in [6.45, 7) is 0.484. The average molecular weight is 311 g/mol. The highest BCUT2D eigenvalue weighted by Gasteiger charge is 2.21. The van der Waals surface area contributed by atoms with E-state index in [4.69, 9.17) is 5.11 Å². The lowest BCUT2D eigenvalue weighted by atomic mass is 9.82. The first kappa shape index (κ1) is 15.3. The lowest BCUT2D eigenvalue weighted by Gasteiger charge is -2.27. The van der Waals surface area contributed by atoms with Crippen molar-refractivity contribution in [1.82, 2.24) is 10.3 Å². The molecule has 1 aromatic heterocycles. The monoisotopic (exact) mass is 311 g/mol. The molecule has 0 unspecified atom stereocenters. The molecule has 0 aliphatic heterocycles. The molecule has 0 spiro atoms. The number of rotatable bonds is 4. The number of hydrogen-bond donors (Lipinski definition) is 2. The standard InChI is InChI=1S/C18H21N3O2/c1-21(17-7-2-3-10-19-17)15-8-9-16-13(11-15)5-4-6-14(16)12-20-18(22)23/h2-3,7-11,14,20H,4-6,12H2,1H3,(H,22,23)/t14-/m0/s1. The van der Waals surface area contributed by atoms with E-state index in [1.807, 2.05) is 25.2 Å². The summed E-state index contributed by atoms with van der Waals surface area (Å²) in [5.41, 5.74) is 3.69. The molecule has 0 saturated heterocycles. The second-order valence-electron chi connectivity index (χ2n) is 5.91. The zero-order valence-electron chi connectivity index (χ0n) is 13.2. The molecule has 1 aliphatic carbocycles. The van der Waals surface area contributed by atoms with Crippen molar-refractivity contribution in [3.63, 3.8) is 0 Å². The van der Waals surface area contributed by atoms with Crippen molar-refractivity contribution < 1.29 is 9.90 Å². The molecule has 23 heavy (non-hydrogen) atoms. The molecule has 1 atom stereocenters. The molecule has 1 heterocycles. The van der Waals surface area contributed by atoms with Crippen molar-refractivity contribution >= 4 is 17.6 Å². The van der Waals surface area contributed by atoms with E-state index in [1.54, 1.807) is 6.20 Å². The summed E-state index contributed by atoms with van der Waals surface area (Å²) in [5, 5.41) is 11.3. The Hall–Kier alpha value is -2.56. The van der Waals surface area contributed by atoms with Crippen molar-refractivity contribution in [3.05, 3.63) is 53.7 Å². The average Bonchev–Trinajstić information content (AvgIpc) is 2.59. The Bertz CT molecular complexity index is 688. The topological polar surface area (TPSA) is 65.5 Å². The molecule has 1 aliphatic rings. The molecular formula is C18H21N3O2. The van der Waals surface area contributed by atoms with Gasteiger partial charge in [-0.3, -0.25) is 0 Å². The largest absolute Gasteiger partial charge is 0.465 e. The Kier molecular flexibility index (Phi) is 4.46. The molecule has 2 N–H and O–H groups in total. The molecule has 3 rings (SSSR count). The van der Waals surface area contributed by atoms with Gasteiger partial charge in [0.25, 0.3) is 0 Å². The molecule has 2 aromatic rings. The number of pyridine rings is 1. The van der Waals surface area contributed by atoms with Gasteiger partial charge in [0.15, 0.2) is 0 Å². The van der Waals surface area contributed by atoms with Crippen LogP contribution in [0.2, 0.25) is 0 Å². The van der Waals surface area contributed by atoms with Crippen LogP contribution in [0.15, 0.2) is 42.6 Å². The normalized spacial score (nSPS) is 16.5. The number of aromatic nitrogens is 1. The first-order valence-electron chi connectivity index (χ1n) is 7.89. The van der Waals surface area contributed by atoms with Gasteiger partial charge in [-0.05, 0) is 54.7 Å². The summed E-state index contributed by atoms with van der Waals surface area (Å²) >= 11 is 0. The second kappa shape index (κ2) is 6.69. The van der Waals surface area contributed by atoms with Gasteiger partial charge in [-0.1, -0.05) is 12.1 Å². The highest BCUT2D eigenvalue weighted by Crippen LogP contribution is 2.34. The van der Waals surface area contributed by atoms with Gasteiger partial charge >= 0.3 is 6.09 Å². The van der Waals surface area contributed by atoms with Crippen LogP contribution in [0.1, 0.15) is 29.9 Å². The Morgan fingerprint density at radius 1 is 1.39 bits per heavy atom. The third-order valence-corrected chi connectivity index (χ3v) is 4.44. The van der Waals surface area contributed by atoms with Crippen LogP contribution in [0.4, 0.5) is 16.3 Å². The number of fused-ring (bicyclic) bond motifs is 1. The molecular weight excluding hydrogens is 290 g/mol. The fourth-order valence-corrected chi connectivity index (χ4v) is 3.22. The van der Waals surface area contributed by atoms with Crippen LogP contribution in [0.25, 0.3) is 0 Å². The number of benzene rings is 1. The van der Waals surface area contributed by atoms with Crippen LogP contribution in [0, 0.1) is 0 Å².